The molecule has 0 amide bonds. The van der Waals surface area contributed by atoms with Crippen molar-refractivity contribution in [3.8, 4) is 5.75 Å². The molecule has 0 spiro atoms. The molecule has 32 heavy (non-hydrogen) atoms. The number of rotatable bonds is 11. The Morgan fingerprint density at radius 2 is 1.66 bits per heavy atom. The third-order valence-electron chi connectivity index (χ3n) is 5.29. The molecule has 4 aromatic rings. The molecule has 1 aromatic heterocycles. The fraction of sp³-hybridized carbons (Fsp3) is 0.259. The highest BCUT2D eigenvalue weighted by Gasteiger charge is 2.10. The van der Waals surface area contributed by atoms with E-state index in [0.29, 0.717) is 6.54 Å². The van der Waals surface area contributed by atoms with E-state index in [4.69, 9.17) is 4.74 Å². The van der Waals surface area contributed by atoms with Gasteiger partial charge in [-0.05, 0) is 47.8 Å². The molecule has 0 unspecified atom stereocenters. The molecular weight excluding hydrogens is 416 g/mol. The molecular formula is C27H30N2O2S. The molecule has 0 fully saturated rings. The highest BCUT2D eigenvalue weighted by atomic mass is 32.1. The predicted octanol–water partition coefficient (Wildman–Crippen LogP) is 5.06. The number of thiophene rings is 1. The molecule has 0 aliphatic carbocycles. The molecule has 166 valence electrons. The summed E-state index contributed by atoms with van der Waals surface area (Å²) in [5, 5.41) is 15.1. The van der Waals surface area contributed by atoms with E-state index in [9.17, 15) is 5.11 Å². The minimum Gasteiger partial charge on any atom is -0.491 e. The van der Waals surface area contributed by atoms with E-state index in [-0.39, 0.29) is 6.61 Å². The van der Waals surface area contributed by atoms with Crippen molar-refractivity contribution >= 4 is 21.4 Å². The largest absolute Gasteiger partial charge is 0.491 e. The fourth-order valence-electron chi connectivity index (χ4n) is 3.72. The number of fused-ring (bicyclic) bond motifs is 1. The summed E-state index contributed by atoms with van der Waals surface area (Å²) in [6, 6.07) is 29.1. The first-order chi connectivity index (χ1) is 15.7. The minimum absolute atomic E-state index is 0.280. The van der Waals surface area contributed by atoms with Gasteiger partial charge in [0, 0.05) is 35.8 Å². The number of hydrogen-bond donors (Lipinski definition) is 2. The van der Waals surface area contributed by atoms with Gasteiger partial charge in [0.2, 0.25) is 0 Å². The number of likely N-dealkylation sites (N-methyl/N-ethyl adjacent to an activating group) is 1. The molecule has 4 nitrogen and oxygen atoms in total. The quantitative estimate of drug-likeness (QED) is 0.338. The molecule has 0 radical (unpaired) electrons. The molecule has 1 heterocycles. The average molecular weight is 447 g/mol. The minimum atomic E-state index is -0.536. The van der Waals surface area contributed by atoms with Gasteiger partial charge in [0.25, 0.3) is 0 Å². The number of aliphatic hydroxyl groups is 1. The standard InChI is InChI=1S/C27H30N2O2S/c1-29(18-22-7-3-2-4-8-22)19-24(30)20-31-25-13-11-21(12-14-25)16-28-17-26-15-23-9-5-6-10-27(23)32-26/h2-15,24,28,30H,16-20H2,1H3/t24-/m1/s1. The molecule has 0 bridgehead atoms. The maximum atomic E-state index is 10.3. The van der Waals surface area contributed by atoms with Gasteiger partial charge in [0.1, 0.15) is 18.5 Å². The summed E-state index contributed by atoms with van der Waals surface area (Å²) >= 11 is 1.84. The zero-order valence-electron chi connectivity index (χ0n) is 18.4. The third-order valence-corrected chi connectivity index (χ3v) is 6.40. The second kappa shape index (κ2) is 11.2. The lowest BCUT2D eigenvalue weighted by atomic mass is 10.2. The van der Waals surface area contributed by atoms with Crippen molar-refractivity contribution in [2.24, 2.45) is 0 Å². The van der Waals surface area contributed by atoms with Crippen LogP contribution in [0.5, 0.6) is 5.75 Å². The van der Waals surface area contributed by atoms with Crippen LogP contribution in [0.2, 0.25) is 0 Å². The molecule has 0 aliphatic heterocycles. The van der Waals surface area contributed by atoms with Crippen molar-refractivity contribution in [2.45, 2.75) is 25.7 Å². The first-order valence-corrected chi connectivity index (χ1v) is 11.8. The van der Waals surface area contributed by atoms with E-state index in [1.54, 1.807) is 0 Å². The van der Waals surface area contributed by atoms with Gasteiger partial charge in [-0.25, -0.2) is 0 Å². The summed E-state index contributed by atoms with van der Waals surface area (Å²) in [5.74, 6) is 0.781. The average Bonchev–Trinajstić information content (AvgIpc) is 3.22. The Morgan fingerprint density at radius 1 is 0.906 bits per heavy atom. The molecule has 0 saturated heterocycles. The Balaban J connectivity index is 1.17. The highest BCUT2D eigenvalue weighted by molar-refractivity contribution is 7.19. The Labute approximate surface area is 194 Å². The predicted molar refractivity (Wildman–Crippen MR) is 133 cm³/mol. The van der Waals surface area contributed by atoms with E-state index in [0.717, 1.165) is 25.4 Å². The maximum absolute atomic E-state index is 10.3. The maximum Gasteiger partial charge on any atom is 0.119 e. The topological polar surface area (TPSA) is 44.7 Å². The lowest BCUT2D eigenvalue weighted by Gasteiger charge is -2.21. The molecule has 0 saturated carbocycles. The van der Waals surface area contributed by atoms with Gasteiger partial charge < -0.3 is 15.2 Å². The van der Waals surface area contributed by atoms with Crippen LogP contribution in [0.3, 0.4) is 0 Å². The number of hydrogen-bond acceptors (Lipinski definition) is 5. The first-order valence-electron chi connectivity index (χ1n) is 11.0. The Bertz CT molecular complexity index is 1060. The van der Waals surface area contributed by atoms with Gasteiger partial charge in [-0.1, -0.05) is 60.7 Å². The zero-order chi connectivity index (χ0) is 22.2. The van der Waals surface area contributed by atoms with Gasteiger partial charge >= 0.3 is 0 Å². The van der Waals surface area contributed by atoms with Crippen LogP contribution < -0.4 is 10.1 Å². The van der Waals surface area contributed by atoms with Crippen molar-refractivity contribution in [1.29, 1.82) is 0 Å². The normalized spacial score (nSPS) is 12.3. The number of nitrogens with zero attached hydrogens (tertiary/aromatic N) is 1. The Hall–Kier alpha value is -2.70. The zero-order valence-corrected chi connectivity index (χ0v) is 19.2. The SMILES string of the molecule is CN(Cc1ccccc1)C[C@@H](O)COc1ccc(CNCc2cc3ccccc3s2)cc1. The van der Waals surface area contributed by atoms with E-state index in [1.165, 1.54) is 26.1 Å². The summed E-state index contributed by atoms with van der Waals surface area (Å²) in [4.78, 5) is 3.45. The molecule has 4 rings (SSSR count). The number of benzene rings is 3. The number of aliphatic hydroxyl groups excluding tert-OH is 1. The van der Waals surface area contributed by atoms with Gasteiger partial charge in [-0.15, -0.1) is 11.3 Å². The monoisotopic (exact) mass is 446 g/mol. The number of ether oxygens (including phenoxy) is 1. The van der Waals surface area contributed by atoms with E-state index in [1.807, 2.05) is 48.7 Å². The fourth-order valence-corrected chi connectivity index (χ4v) is 4.76. The van der Waals surface area contributed by atoms with Crippen LogP contribution in [-0.2, 0) is 19.6 Å². The molecule has 3 aromatic carbocycles. The molecule has 0 aliphatic rings. The lowest BCUT2D eigenvalue weighted by molar-refractivity contribution is 0.0744. The summed E-state index contributed by atoms with van der Waals surface area (Å²) in [7, 11) is 2.01. The molecule has 2 N–H and O–H groups in total. The van der Waals surface area contributed by atoms with Gasteiger partial charge in [-0.3, -0.25) is 4.90 Å². The summed E-state index contributed by atoms with van der Waals surface area (Å²) in [6.07, 6.45) is -0.536. The van der Waals surface area contributed by atoms with Crippen LogP contribution >= 0.6 is 11.3 Å². The highest BCUT2D eigenvalue weighted by Crippen LogP contribution is 2.25. The van der Waals surface area contributed by atoms with Gasteiger partial charge in [0.05, 0.1) is 0 Å². The van der Waals surface area contributed by atoms with Crippen molar-refractivity contribution in [3.05, 3.63) is 101 Å². The second-order valence-electron chi connectivity index (χ2n) is 8.15. The van der Waals surface area contributed by atoms with Crippen LogP contribution in [0.25, 0.3) is 10.1 Å². The van der Waals surface area contributed by atoms with Crippen LogP contribution in [0.4, 0.5) is 0 Å². The summed E-state index contributed by atoms with van der Waals surface area (Å²) < 4.78 is 7.12. The van der Waals surface area contributed by atoms with Gasteiger partial charge in [0.15, 0.2) is 0 Å². The Kier molecular flexibility index (Phi) is 7.91. The first kappa shape index (κ1) is 22.5. The second-order valence-corrected chi connectivity index (χ2v) is 9.31. The van der Waals surface area contributed by atoms with E-state index < -0.39 is 6.10 Å². The summed E-state index contributed by atoms with van der Waals surface area (Å²) in [6.45, 7) is 3.32. The van der Waals surface area contributed by atoms with E-state index in [2.05, 4.69) is 64.8 Å². The molecule has 1 atom stereocenters. The van der Waals surface area contributed by atoms with Crippen LogP contribution in [0.1, 0.15) is 16.0 Å². The Morgan fingerprint density at radius 3 is 2.44 bits per heavy atom. The smallest absolute Gasteiger partial charge is 0.119 e. The van der Waals surface area contributed by atoms with Crippen molar-refractivity contribution < 1.29 is 9.84 Å². The van der Waals surface area contributed by atoms with Gasteiger partial charge in [-0.2, -0.15) is 0 Å². The summed E-state index contributed by atoms with van der Waals surface area (Å²) in [5.41, 5.74) is 2.45. The lowest BCUT2D eigenvalue weighted by Crippen LogP contribution is -2.32. The number of nitrogens with one attached hydrogen (secondary N) is 1. The van der Waals surface area contributed by atoms with Crippen LogP contribution in [0.15, 0.2) is 84.9 Å². The molecule has 5 heteroatoms. The van der Waals surface area contributed by atoms with Crippen molar-refractivity contribution in [2.75, 3.05) is 20.2 Å². The van der Waals surface area contributed by atoms with Crippen molar-refractivity contribution in [3.63, 3.8) is 0 Å². The third kappa shape index (κ3) is 6.65. The van der Waals surface area contributed by atoms with Crippen LogP contribution in [0, 0.1) is 0 Å². The van der Waals surface area contributed by atoms with Crippen LogP contribution in [-0.4, -0.2) is 36.3 Å². The van der Waals surface area contributed by atoms with E-state index >= 15 is 0 Å². The van der Waals surface area contributed by atoms with Crippen molar-refractivity contribution in [1.82, 2.24) is 10.2 Å².